The molecule has 0 saturated carbocycles. The number of nitrogens with one attached hydrogen (secondary N) is 1. The zero-order chi connectivity index (χ0) is 32.3. The molecule has 46 heavy (non-hydrogen) atoms. The summed E-state index contributed by atoms with van der Waals surface area (Å²) in [6.07, 6.45) is 6.62. The number of nitrogens with zero attached hydrogens (tertiary/aromatic N) is 5. The zero-order valence-electron chi connectivity index (χ0n) is 25.2. The van der Waals surface area contributed by atoms with Crippen LogP contribution in [0.3, 0.4) is 0 Å². The van der Waals surface area contributed by atoms with Crippen LogP contribution in [0.2, 0.25) is 0 Å². The van der Waals surface area contributed by atoms with Crippen molar-refractivity contribution in [1.29, 1.82) is 0 Å². The first-order valence-electron chi connectivity index (χ1n) is 15.4. The molecule has 3 aromatic rings. The number of carbonyl (C=O) groups excluding carboxylic acids is 2. The lowest BCUT2D eigenvalue weighted by atomic mass is 9.86. The van der Waals surface area contributed by atoms with Gasteiger partial charge < -0.3 is 29.5 Å². The summed E-state index contributed by atoms with van der Waals surface area (Å²) in [7, 11) is 0. The van der Waals surface area contributed by atoms with Crippen LogP contribution in [0.1, 0.15) is 47.5 Å². The summed E-state index contributed by atoms with van der Waals surface area (Å²) in [5, 5.41) is 12.4. The number of phenolic OH excluding ortho intramolecular Hbond substituents is 1. The summed E-state index contributed by atoms with van der Waals surface area (Å²) in [6.45, 7) is 2.91. The number of carbonyl (C=O) groups is 2. The van der Waals surface area contributed by atoms with Gasteiger partial charge in [0.2, 0.25) is 11.7 Å². The van der Waals surface area contributed by atoms with Gasteiger partial charge in [0.1, 0.15) is 11.6 Å². The van der Waals surface area contributed by atoms with Crippen molar-refractivity contribution in [3.63, 3.8) is 0 Å². The molecule has 10 nitrogen and oxygen atoms in total. The first kappa shape index (κ1) is 31.2. The Morgan fingerprint density at radius 2 is 1.74 bits per heavy atom. The van der Waals surface area contributed by atoms with Crippen LogP contribution in [0.5, 0.6) is 5.75 Å². The lowest BCUT2D eigenvalue weighted by Crippen LogP contribution is -2.49. The number of pyridine rings is 1. The van der Waals surface area contributed by atoms with E-state index < -0.39 is 23.5 Å². The first-order valence-corrected chi connectivity index (χ1v) is 15.4. The number of allylic oxidation sites excluding steroid dienone is 4. The average molecular weight is 637 g/mol. The summed E-state index contributed by atoms with van der Waals surface area (Å²) in [5.41, 5.74) is 0.682. The van der Waals surface area contributed by atoms with Crippen molar-refractivity contribution >= 4 is 29.3 Å². The molecule has 0 spiro atoms. The maximum atomic E-state index is 13.9. The molecule has 242 valence electrons. The molecule has 13 heteroatoms. The number of hydrogen-bond donors (Lipinski definition) is 2. The molecule has 2 N–H and O–H groups in total. The maximum absolute atomic E-state index is 13.9. The van der Waals surface area contributed by atoms with Crippen LogP contribution in [0.4, 0.5) is 30.7 Å². The van der Waals surface area contributed by atoms with Gasteiger partial charge in [0.15, 0.2) is 5.69 Å². The highest BCUT2D eigenvalue weighted by molar-refractivity contribution is 6.03. The van der Waals surface area contributed by atoms with E-state index in [-0.39, 0.29) is 29.8 Å². The van der Waals surface area contributed by atoms with Gasteiger partial charge in [-0.3, -0.25) is 9.59 Å². The SMILES string of the molecule is O=C(Nc1ccc(N2CCN(C(=O)Cc3ccccc3O)CC2)nc1)c1oc(N2CCC(C3=CCCC=C3)CC2)nc1C(F)(F)F. The van der Waals surface area contributed by atoms with E-state index in [9.17, 15) is 27.9 Å². The zero-order valence-corrected chi connectivity index (χ0v) is 25.2. The molecule has 4 heterocycles. The number of halogens is 3. The third kappa shape index (κ3) is 7.03. The molecule has 0 bridgehead atoms. The van der Waals surface area contributed by atoms with E-state index in [0.717, 1.165) is 25.7 Å². The van der Waals surface area contributed by atoms with Gasteiger partial charge in [-0.15, -0.1) is 0 Å². The number of phenols is 1. The van der Waals surface area contributed by atoms with Crippen molar-refractivity contribution < 1.29 is 32.3 Å². The number of rotatable bonds is 7. The molecule has 2 saturated heterocycles. The minimum absolute atomic E-state index is 0.0834. The third-order valence-electron chi connectivity index (χ3n) is 8.65. The van der Waals surface area contributed by atoms with Gasteiger partial charge >= 0.3 is 6.18 Å². The Morgan fingerprint density at radius 3 is 2.39 bits per heavy atom. The predicted octanol–water partition coefficient (Wildman–Crippen LogP) is 5.43. The number of benzene rings is 1. The highest BCUT2D eigenvalue weighted by Crippen LogP contribution is 2.36. The molecular formula is C33H35F3N6O4. The highest BCUT2D eigenvalue weighted by Gasteiger charge is 2.42. The van der Waals surface area contributed by atoms with Gasteiger partial charge in [-0.05, 0) is 55.4 Å². The van der Waals surface area contributed by atoms with Gasteiger partial charge in [-0.25, -0.2) is 4.98 Å². The molecule has 2 aliphatic heterocycles. The van der Waals surface area contributed by atoms with Crippen molar-refractivity contribution in [3.05, 3.63) is 83.4 Å². The molecule has 6 rings (SSSR count). The molecule has 1 aromatic carbocycles. The van der Waals surface area contributed by atoms with E-state index in [1.54, 1.807) is 46.2 Å². The van der Waals surface area contributed by atoms with Crippen LogP contribution in [-0.4, -0.2) is 71.1 Å². The van der Waals surface area contributed by atoms with E-state index in [1.165, 1.54) is 11.8 Å². The second-order valence-electron chi connectivity index (χ2n) is 11.6. The smallest absolute Gasteiger partial charge is 0.437 e. The molecule has 0 unspecified atom stereocenters. The number of amides is 2. The normalized spacial score (nSPS) is 17.6. The van der Waals surface area contributed by atoms with Gasteiger partial charge in [-0.2, -0.15) is 18.2 Å². The number of anilines is 3. The Hall–Kier alpha value is -4.81. The Balaban J connectivity index is 1.05. The molecule has 1 aliphatic carbocycles. The van der Waals surface area contributed by atoms with Gasteiger partial charge in [0.25, 0.3) is 11.9 Å². The van der Waals surface area contributed by atoms with Gasteiger partial charge in [-0.1, -0.05) is 36.4 Å². The average Bonchev–Trinajstić information content (AvgIpc) is 3.54. The minimum Gasteiger partial charge on any atom is -0.508 e. The van der Waals surface area contributed by atoms with Crippen molar-refractivity contribution in [1.82, 2.24) is 14.9 Å². The Labute approximate surface area is 264 Å². The number of para-hydroxylation sites is 1. The predicted molar refractivity (Wildman–Crippen MR) is 166 cm³/mol. The van der Waals surface area contributed by atoms with Crippen LogP contribution in [-0.2, 0) is 17.4 Å². The van der Waals surface area contributed by atoms with Crippen molar-refractivity contribution in [2.75, 3.05) is 54.4 Å². The number of aromatic nitrogens is 2. The summed E-state index contributed by atoms with van der Waals surface area (Å²) in [6, 6.07) is 9.75. The summed E-state index contributed by atoms with van der Waals surface area (Å²) in [4.78, 5) is 39.2. The largest absolute Gasteiger partial charge is 0.508 e. The number of hydrogen-bond acceptors (Lipinski definition) is 8. The van der Waals surface area contributed by atoms with E-state index in [2.05, 4.69) is 33.5 Å². The molecule has 0 radical (unpaired) electrons. The van der Waals surface area contributed by atoms with E-state index >= 15 is 0 Å². The lowest BCUT2D eigenvalue weighted by Gasteiger charge is -2.35. The van der Waals surface area contributed by atoms with Crippen LogP contribution in [0.25, 0.3) is 0 Å². The molecule has 2 fully saturated rings. The second kappa shape index (κ2) is 13.3. The maximum Gasteiger partial charge on any atom is 0.437 e. The van der Waals surface area contributed by atoms with Crippen LogP contribution >= 0.6 is 0 Å². The topological polar surface area (TPSA) is 115 Å². The quantitative estimate of drug-likeness (QED) is 0.353. The number of piperazine rings is 1. The summed E-state index contributed by atoms with van der Waals surface area (Å²) >= 11 is 0. The van der Waals surface area contributed by atoms with Crippen molar-refractivity contribution in [3.8, 4) is 5.75 Å². The summed E-state index contributed by atoms with van der Waals surface area (Å²) in [5.74, 6) is -1.01. The Bertz CT molecular complexity index is 1620. The number of oxazole rings is 1. The Morgan fingerprint density at radius 1 is 0.978 bits per heavy atom. The number of aromatic hydroxyl groups is 1. The highest BCUT2D eigenvalue weighted by atomic mass is 19.4. The van der Waals surface area contributed by atoms with E-state index in [4.69, 9.17) is 4.42 Å². The fraction of sp³-hybridized carbons (Fsp3) is 0.394. The van der Waals surface area contributed by atoms with Gasteiger partial charge in [0, 0.05) is 44.8 Å². The lowest BCUT2D eigenvalue weighted by molar-refractivity contribution is -0.141. The first-order chi connectivity index (χ1) is 22.2. The standard InChI is InChI=1S/C33H35F3N6O4/c34-33(35,36)30-29(46-32(39-30)42-14-12-23(13-15-42)22-6-2-1-3-7-22)31(45)38-25-10-11-27(37-21-25)40-16-18-41(19-17-40)28(44)20-24-8-4-5-9-26(24)43/h2,4-11,21,23,43H,1,3,12-20H2,(H,38,45). The fourth-order valence-electron chi connectivity index (χ4n) is 6.09. The molecule has 3 aliphatic rings. The van der Waals surface area contributed by atoms with Crippen LogP contribution in [0.15, 0.2) is 70.8 Å². The monoisotopic (exact) mass is 636 g/mol. The van der Waals surface area contributed by atoms with Gasteiger partial charge in [0.05, 0.1) is 18.3 Å². The van der Waals surface area contributed by atoms with Crippen molar-refractivity contribution in [2.45, 2.75) is 38.3 Å². The molecule has 2 amide bonds. The fourth-order valence-corrected chi connectivity index (χ4v) is 6.09. The van der Waals surface area contributed by atoms with Crippen LogP contribution in [0, 0.1) is 5.92 Å². The molecular weight excluding hydrogens is 601 g/mol. The minimum atomic E-state index is -4.88. The van der Waals surface area contributed by atoms with Crippen LogP contribution < -0.4 is 15.1 Å². The number of piperidine rings is 1. The molecule has 0 atom stereocenters. The van der Waals surface area contributed by atoms with E-state index in [1.807, 2.05) is 4.90 Å². The number of alkyl halides is 3. The molecule has 2 aromatic heterocycles. The third-order valence-corrected chi connectivity index (χ3v) is 8.65. The van der Waals surface area contributed by atoms with Crippen molar-refractivity contribution in [2.24, 2.45) is 5.92 Å². The second-order valence-corrected chi connectivity index (χ2v) is 11.6. The Kier molecular flexibility index (Phi) is 9.00. The van der Waals surface area contributed by atoms with E-state index in [0.29, 0.717) is 56.6 Å². The summed E-state index contributed by atoms with van der Waals surface area (Å²) < 4.78 is 47.2.